The molecular weight excluding hydrogens is 735 g/mol. The summed E-state index contributed by atoms with van der Waals surface area (Å²) in [5.74, 6) is -2.74. The molecule has 4 aliphatic rings. The van der Waals surface area contributed by atoms with E-state index in [-0.39, 0.29) is 54.4 Å². The number of nitrogens with zero attached hydrogens (tertiary/aromatic N) is 6. The Morgan fingerprint density at radius 2 is 1.69 bits per heavy atom. The van der Waals surface area contributed by atoms with Crippen LogP contribution in [0.15, 0.2) is 42.7 Å². The predicted octanol–water partition coefficient (Wildman–Crippen LogP) is 3.25. The minimum Gasteiger partial charge on any atom is -0.490 e. The topological polar surface area (TPSA) is 187 Å². The molecule has 0 radical (unpaired) electrons. The van der Waals surface area contributed by atoms with Crippen molar-refractivity contribution in [2.45, 2.75) is 63.1 Å². The highest BCUT2D eigenvalue weighted by Crippen LogP contribution is 2.32. The summed E-state index contributed by atoms with van der Waals surface area (Å²) >= 11 is 6.12. The van der Waals surface area contributed by atoms with E-state index < -0.39 is 35.5 Å². The summed E-state index contributed by atoms with van der Waals surface area (Å²) in [5.41, 5.74) is 0.594. The molecular formula is C38H38ClFN8O7. The standard InChI is InChI=1S/C38H38ClFN8O7/c39-29-16-26(5-2-22(29)19-41)55-25-6-3-24(4-7-25)44-34(50)23-20-42-38(43-21-23)47-13-11-46(12-14-47)10-1-15-54-32-18-28-27(17-30(32)40)36(52)48(37(28)53)31-8-9-33(49)45-35(31)51/h2,5,16-18,20-21,24-25,31H,1,3-4,6-15H2,(H,44,50)(H,45,49,51)/t24?,25?,31-/m1/s1. The van der Waals surface area contributed by atoms with Crippen LogP contribution >= 0.6 is 11.6 Å². The van der Waals surface area contributed by atoms with Gasteiger partial charge in [-0.15, -0.1) is 0 Å². The molecule has 2 N–H and O–H groups in total. The van der Waals surface area contributed by atoms with Gasteiger partial charge in [-0.1, -0.05) is 11.6 Å². The number of nitrogens with one attached hydrogen (secondary N) is 2. The van der Waals surface area contributed by atoms with Crippen LogP contribution in [-0.4, -0.2) is 107 Å². The minimum atomic E-state index is -1.14. The molecule has 2 aromatic carbocycles. The van der Waals surface area contributed by atoms with E-state index in [2.05, 4.69) is 25.5 Å². The first-order chi connectivity index (χ1) is 26.6. The SMILES string of the molecule is N#Cc1ccc(OC2CCC(NC(=O)c3cnc(N4CCN(CCCOc5cc6c(cc5F)C(=O)N([C@@H]5CCC(=O)NC5=O)C6=O)CC4)nc3)CC2)cc1Cl. The molecule has 15 nitrogen and oxygen atoms in total. The van der Waals surface area contributed by atoms with Crippen molar-refractivity contribution < 1.29 is 37.8 Å². The zero-order valence-corrected chi connectivity index (χ0v) is 30.5. The van der Waals surface area contributed by atoms with Crippen molar-refractivity contribution >= 4 is 47.1 Å². The molecule has 55 heavy (non-hydrogen) atoms. The molecule has 17 heteroatoms. The molecule has 7 rings (SSSR count). The molecule has 3 fully saturated rings. The van der Waals surface area contributed by atoms with Gasteiger partial charge in [0.25, 0.3) is 17.7 Å². The second kappa shape index (κ2) is 16.4. The van der Waals surface area contributed by atoms with Crippen LogP contribution in [0.2, 0.25) is 5.02 Å². The Hall–Kier alpha value is -5.66. The fraction of sp³-hybridized carbons (Fsp3) is 0.421. The van der Waals surface area contributed by atoms with E-state index >= 15 is 0 Å². The molecule has 1 atom stereocenters. The van der Waals surface area contributed by atoms with Gasteiger partial charge in [0.15, 0.2) is 11.6 Å². The molecule has 3 aromatic rings. The average molecular weight is 773 g/mol. The van der Waals surface area contributed by atoms with Crippen LogP contribution in [0.25, 0.3) is 0 Å². The molecule has 286 valence electrons. The van der Waals surface area contributed by atoms with E-state index in [0.29, 0.717) is 53.9 Å². The number of amides is 5. The smallest absolute Gasteiger partial charge is 0.262 e. The number of aromatic nitrogens is 2. The number of piperazine rings is 1. The van der Waals surface area contributed by atoms with Crippen LogP contribution in [0.5, 0.6) is 11.5 Å². The quantitative estimate of drug-likeness (QED) is 0.214. The summed E-state index contributed by atoms with van der Waals surface area (Å²) in [5, 5.41) is 14.6. The number of halogens is 2. The molecule has 0 bridgehead atoms. The highest BCUT2D eigenvalue weighted by atomic mass is 35.5. The summed E-state index contributed by atoms with van der Waals surface area (Å²) in [4.78, 5) is 76.7. The Kier molecular flexibility index (Phi) is 11.2. The third-order valence-electron chi connectivity index (χ3n) is 10.3. The van der Waals surface area contributed by atoms with Gasteiger partial charge in [-0.3, -0.25) is 39.1 Å². The van der Waals surface area contributed by atoms with Gasteiger partial charge in [0.05, 0.1) is 40.0 Å². The van der Waals surface area contributed by atoms with Gasteiger partial charge in [0.2, 0.25) is 17.8 Å². The highest BCUT2D eigenvalue weighted by molar-refractivity contribution is 6.31. The normalized spacial score (nSPS) is 21.5. The second-order valence-electron chi connectivity index (χ2n) is 13.9. The van der Waals surface area contributed by atoms with Crippen LogP contribution in [0.3, 0.4) is 0 Å². The van der Waals surface area contributed by atoms with E-state index in [0.717, 1.165) is 49.7 Å². The van der Waals surface area contributed by atoms with Gasteiger partial charge >= 0.3 is 0 Å². The number of hydrogen-bond donors (Lipinski definition) is 2. The number of ether oxygens (including phenoxy) is 2. The van der Waals surface area contributed by atoms with Crippen molar-refractivity contribution in [3.63, 3.8) is 0 Å². The van der Waals surface area contributed by atoms with Gasteiger partial charge in [-0.05, 0) is 62.8 Å². The largest absolute Gasteiger partial charge is 0.490 e. The lowest BCUT2D eigenvalue weighted by atomic mass is 9.92. The van der Waals surface area contributed by atoms with E-state index in [1.807, 2.05) is 11.0 Å². The van der Waals surface area contributed by atoms with Crippen molar-refractivity contribution in [1.82, 2.24) is 30.4 Å². The van der Waals surface area contributed by atoms with E-state index in [9.17, 15) is 28.4 Å². The van der Waals surface area contributed by atoms with Crippen molar-refractivity contribution in [1.29, 1.82) is 5.26 Å². The van der Waals surface area contributed by atoms with Crippen molar-refractivity contribution in [2.24, 2.45) is 0 Å². The number of nitriles is 1. The highest BCUT2D eigenvalue weighted by Gasteiger charge is 2.45. The predicted molar refractivity (Wildman–Crippen MR) is 194 cm³/mol. The summed E-state index contributed by atoms with van der Waals surface area (Å²) in [7, 11) is 0. The number of rotatable bonds is 11. The molecule has 3 aliphatic heterocycles. The van der Waals surface area contributed by atoms with Gasteiger partial charge in [-0.25, -0.2) is 14.4 Å². The Balaban J connectivity index is 0.815. The number of anilines is 1. The Labute approximate surface area is 320 Å². The number of hydrogen-bond acceptors (Lipinski definition) is 12. The Bertz CT molecular complexity index is 2050. The molecule has 4 heterocycles. The molecule has 1 aliphatic carbocycles. The molecule has 0 unspecified atom stereocenters. The maximum Gasteiger partial charge on any atom is 0.262 e. The Morgan fingerprint density at radius 3 is 2.36 bits per heavy atom. The lowest BCUT2D eigenvalue weighted by Crippen LogP contribution is -2.54. The summed E-state index contributed by atoms with van der Waals surface area (Å²) in [6.45, 7) is 3.66. The second-order valence-corrected chi connectivity index (χ2v) is 14.3. The number of imide groups is 2. The van der Waals surface area contributed by atoms with Crippen molar-refractivity contribution in [3.05, 3.63) is 75.8 Å². The number of piperidine rings is 1. The first-order valence-corrected chi connectivity index (χ1v) is 18.6. The third kappa shape index (κ3) is 8.37. The number of carbonyl (C=O) groups excluding carboxylic acids is 5. The summed E-state index contributed by atoms with van der Waals surface area (Å²) in [6.07, 6.45) is 6.71. The van der Waals surface area contributed by atoms with Crippen LogP contribution in [0, 0.1) is 17.1 Å². The monoisotopic (exact) mass is 772 g/mol. The van der Waals surface area contributed by atoms with Crippen LogP contribution in [0.1, 0.15) is 81.6 Å². The number of carbonyl (C=O) groups is 5. The van der Waals surface area contributed by atoms with Gasteiger partial charge in [-0.2, -0.15) is 5.26 Å². The molecule has 2 saturated heterocycles. The van der Waals surface area contributed by atoms with E-state index in [4.69, 9.17) is 26.3 Å². The third-order valence-corrected chi connectivity index (χ3v) is 10.6. The first-order valence-electron chi connectivity index (χ1n) is 18.2. The van der Waals surface area contributed by atoms with Gasteiger partial charge in [0.1, 0.15) is 17.9 Å². The lowest BCUT2D eigenvalue weighted by Gasteiger charge is -2.34. The maximum absolute atomic E-state index is 14.9. The fourth-order valence-corrected chi connectivity index (χ4v) is 7.48. The average Bonchev–Trinajstić information content (AvgIpc) is 3.41. The van der Waals surface area contributed by atoms with Gasteiger partial charge < -0.3 is 19.7 Å². The van der Waals surface area contributed by atoms with Crippen LogP contribution < -0.4 is 25.0 Å². The molecule has 1 saturated carbocycles. The molecule has 5 amide bonds. The van der Waals surface area contributed by atoms with Gasteiger partial charge in [0, 0.05) is 63.6 Å². The summed E-state index contributed by atoms with van der Waals surface area (Å²) < 4.78 is 26.6. The Morgan fingerprint density at radius 1 is 0.982 bits per heavy atom. The maximum atomic E-state index is 14.9. The molecule has 1 aromatic heterocycles. The first kappa shape index (κ1) is 37.6. The zero-order chi connectivity index (χ0) is 38.6. The van der Waals surface area contributed by atoms with Crippen LogP contribution in [0.4, 0.5) is 10.3 Å². The fourth-order valence-electron chi connectivity index (χ4n) is 7.27. The van der Waals surface area contributed by atoms with E-state index in [1.165, 1.54) is 6.07 Å². The lowest BCUT2D eigenvalue weighted by molar-refractivity contribution is -0.136. The van der Waals surface area contributed by atoms with Crippen molar-refractivity contribution in [2.75, 3.05) is 44.2 Å². The van der Waals surface area contributed by atoms with Crippen molar-refractivity contribution in [3.8, 4) is 17.6 Å². The summed E-state index contributed by atoms with van der Waals surface area (Å²) in [6, 6.07) is 8.09. The van der Waals surface area contributed by atoms with Crippen LogP contribution in [-0.2, 0) is 9.59 Å². The number of fused-ring (bicyclic) bond motifs is 1. The minimum absolute atomic E-state index is 0.00123. The van der Waals surface area contributed by atoms with E-state index in [1.54, 1.807) is 30.6 Å². The molecule has 0 spiro atoms. The zero-order valence-electron chi connectivity index (χ0n) is 29.8. The number of benzene rings is 2.